The van der Waals surface area contributed by atoms with Gasteiger partial charge in [0.2, 0.25) is 0 Å². The van der Waals surface area contributed by atoms with Crippen LogP contribution in [0.5, 0.6) is 0 Å². The predicted octanol–water partition coefficient (Wildman–Crippen LogP) is 5.47. The summed E-state index contributed by atoms with van der Waals surface area (Å²) in [5.74, 6) is 0.957. The quantitative estimate of drug-likeness (QED) is 0.687. The van der Waals surface area contributed by atoms with Gasteiger partial charge < -0.3 is 9.32 Å². The van der Waals surface area contributed by atoms with Crippen LogP contribution in [0.15, 0.2) is 45.4 Å². The molecule has 1 amide bonds. The van der Waals surface area contributed by atoms with Gasteiger partial charge >= 0.3 is 0 Å². The first-order valence-corrected chi connectivity index (χ1v) is 8.59. The fraction of sp³-hybridized carbons (Fsp3) is 0.476. The number of rotatable bonds is 4. The van der Waals surface area contributed by atoms with Crippen molar-refractivity contribution in [3.05, 3.63) is 52.5 Å². The van der Waals surface area contributed by atoms with Crippen LogP contribution in [0.1, 0.15) is 63.3 Å². The van der Waals surface area contributed by atoms with Gasteiger partial charge in [0.25, 0.3) is 5.91 Å². The van der Waals surface area contributed by atoms with E-state index in [1.807, 2.05) is 12.1 Å². The molecule has 0 N–H and O–H groups in total. The summed E-state index contributed by atoms with van der Waals surface area (Å²) in [6.45, 7) is 8.93. The first-order valence-electron chi connectivity index (χ1n) is 8.59. The average Bonchev–Trinajstić information content (AvgIpc) is 2.93. The van der Waals surface area contributed by atoms with Crippen molar-refractivity contribution in [3.63, 3.8) is 0 Å². The maximum Gasteiger partial charge on any atom is 0.289 e. The third-order valence-corrected chi connectivity index (χ3v) is 4.67. The summed E-state index contributed by atoms with van der Waals surface area (Å²) in [5.41, 5.74) is 4.29. The van der Waals surface area contributed by atoms with Crippen LogP contribution in [0, 0.1) is 5.41 Å². The number of amides is 1. The molecule has 3 heteroatoms. The Morgan fingerprint density at radius 1 is 1.29 bits per heavy atom. The summed E-state index contributed by atoms with van der Waals surface area (Å²) in [4.78, 5) is 13.4. The lowest BCUT2D eigenvalue weighted by molar-refractivity contribution is 0.0796. The van der Waals surface area contributed by atoms with Gasteiger partial charge in [0.05, 0.1) is 0 Å². The number of allylic oxidation sites excluding steroid dienone is 5. The van der Waals surface area contributed by atoms with E-state index in [-0.39, 0.29) is 11.3 Å². The highest BCUT2D eigenvalue weighted by atomic mass is 16.3. The molecule has 0 radical (unpaired) electrons. The van der Waals surface area contributed by atoms with Gasteiger partial charge in [-0.25, -0.2) is 0 Å². The number of carbonyl (C=O) groups is 1. The number of carbonyl (C=O) groups excluding carboxylic acids is 1. The van der Waals surface area contributed by atoms with Gasteiger partial charge in [-0.3, -0.25) is 4.79 Å². The predicted molar refractivity (Wildman–Crippen MR) is 99.8 cm³/mol. The van der Waals surface area contributed by atoms with Crippen LogP contribution in [0.25, 0.3) is 6.08 Å². The maximum atomic E-state index is 11.9. The van der Waals surface area contributed by atoms with E-state index >= 15 is 0 Å². The molecule has 0 saturated carbocycles. The van der Waals surface area contributed by atoms with Crippen LogP contribution in [-0.2, 0) is 0 Å². The standard InChI is InChI=1S/C21H29NO2/c1-15(9-11-18-16(2)8-7-13-21(18,3)4)14-17-10-12-19(24-17)20(23)22(5)6/h9-12,14H,7-8,13H2,1-6H3/b11-9?,15-14+. The average molecular weight is 327 g/mol. The Bertz CT molecular complexity index is 699. The zero-order valence-electron chi connectivity index (χ0n) is 15.8. The Kier molecular flexibility index (Phi) is 5.53. The Balaban J connectivity index is 2.16. The highest BCUT2D eigenvalue weighted by Gasteiger charge is 2.26. The van der Waals surface area contributed by atoms with E-state index in [4.69, 9.17) is 4.42 Å². The number of nitrogens with zero attached hydrogens (tertiary/aromatic N) is 1. The Labute approximate surface area is 145 Å². The zero-order valence-corrected chi connectivity index (χ0v) is 15.8. The Morgan fingerprint density at radius 2 is 2.00 bits per heavy atom. The molecule has 1 aromatic rings. The van der Waals surface area contributed by atoms with Crippen molar-refractivity contribution in [2.24, 2.45) is 5.41 Å². The Morgan fingerprint density at radius 3 is 2.62 bits per heavy atom. The third kappa shape index (κ3) is 4.28. The molecule has 0 saturated heterocycles. The van der Waals surface area contributed by atoms with Crippen molar-refractivity contribution >= 4 is 12.0 Å². The fourth-order valence-electron chi connectivity index (χ4n) is 3.26. The highest BCUT2D eigenvalue weighted by Crippen LogP contribution is 2.40. The van der Waals surface area contributed by atoms with E-state index in [1.54, 1.807) is 20.2 Å². The molecule has 130 valence electrons. The minimum atomic E-state index is -0.118. The molecule has 2 rings (SSSR count). The zero-order chi connectivity index (χ0) is 17.9. The van der Waals surface area contributed by atoms with Crippen LogP contribution in [-0.4, -0.2) is 24.9 Å². The van der Waals surface area contributed by atoms with Gasteiger partial charge in [-0.15, -0.1) is 0 Å². The van der Waals surface area contributed by atoms with Crippen LogP contribution >= 0.6 is 0 Å². The summed E-state index contributed by atoms with van der Waals surface area (Å²) in [6, 6.07) is 3.56. The molecule has 1 heterocycles. The van der Waals surface area contributed by atoms with Gasteiger partial charge in [0.15, 0.2) is 5.76 Å². The lowest BCUT2D eigenvalue weighted by Gasteiger charge is -2.32. The molecule has 0 fully saturated rings. The summed E-state index contributed by atoms with van der Waals surface area (Å²) >= 11 is 0. The molecule has 0 atom stereocenters. The van der Waals surface area contributed by atoms with Crippen molar-refractivity contribution in [1.82, 2.24) is 4.90 Å². The monoisotopic (exact) mass is 327 g/mol. The summed E-state index contributed by atoms with van der Waals surface area (Å²) < 4.78 is 5.62. The molecular weight excluding hydrogens is 298 g/mol. The second kappa shape index (κ2) is 7.25. The minimum Gasteiger partial charge on any atom is -0.452 e. The molecule has 0 unspecified atom stereocenters. The van der Waals surface area contributed by atoms with E-state index < -0.39 is 0 Å². The molecule has 3 nitrogen and oxygen atoms in total. The van der Waals surface area contributed by atoms with E-state index in [0.29, 0.717) is 11.5 Å². The van der Waals surface area contributed by atoms with E-state index in [2.05, 4.69) is 39.8 Å². The van der Waals surface area contributed by atoms with Crippen molar-refractivity contribution in [2.75, 3.05) is 14.1 Å². The molecule has 1 aliphatic rings. The van der Waals surface area contributed by atoms with Gasteiger partial charge in [-0.2, -0.15) is 0 Å². The SMILES string of the molecule is CC1=C(C=C/C(C)=C/c2ccc(C(=O)N(C)C)o2)C(C)(C)CCC1. The first kappa shape index (κ1) is 18.3. The number of furan rings is 1. The Hall–Kier alpha value is -2.03. The first-order chi connectivity index (χ1) is 11.2. The van der Waals surface area contributed by atoms with Crippen molar-refractivity contribution in [2.45, 2.75) is 47.0 Å². The van der Waals surface area contributed by atoms with Gasteiger partial charge in [-0.1, -0.05) is 31.6 Å². The van der Waals surface area contributed by atoms with Crippen LogP contribution in [0.4, 0.5) is 0 Å². The smallest absolute Gasteiger partial charge is 0.289 e. The molecule has 1 aromatic heterocycles. The van der Waals surface area contributed by atoms with Gasteiger partial charge in [0.1, 0.15) is 5.76 Å². The van der Waals surface area contributed by atoms with Gasteiger partial charge in [0, 0.05) is 14.1 Å². The molecule has 0 spiro atoms. The van der Waals surface area contributed by atoms with Crippen LogP contribution < -0.4 is 0 Å². The van der Waals surface area contributed by atoms with E-state index in [9.17, 15) is 4.79 Å². The summed E-state index contributed by atoms with van der Waals surface area (Å²) in [5, 5.41) is 0. The lowest BCUT2D eigenvalue weighted by atomic mass is 9.72. The van der Waals surface area contributed by atoms with Crippen molar-refractivity contribution in [3.8, 4) is 0 Å². The summed E-state index contributed by atoms with van der Waals surface area (Å²) in [7, 11) is 3.44. The van der Waals surface area contributed by atoms with Gasteiger partial charge in [-0.05, 0) is 67.9 Å². The molecule has 0 aliphatic heterocycles. The van der Waals surface area contributed by atoms with Crippen LogP contribution in [0.3, 0.4) is 0 Å². The topological polar surface area (TPSA) is 33.5 Å². The second-order valence-electron chi connectivity index (χ2n) is 7.55. The maximum absolute atomic E-state index is 11.9. The van der Waals surface area contributed by atoms with Crippen LogP contribution in [0.2, 0.25) is 0 Å². The number of hydrogen-bond donors (Lipinski definition) is 0. The molecule has 0 aromatic carbocycles. The second-order valence-corrected chi connectivity index (χ2v) is 7.55. The molecule has 0 bridgehead atoms. The minimum absolute atomic E-state index is 0.118. The fourth-order valence-corrected chi connectivity index (χ4v) is 3.26. The van der Waals surface area contributed by atoms with Crippen molar-refractivity contribution in [1.29, 1.82) is 0 Å². The highest BCUT2D eigenvalue weighted by molar-refractivity contribution is 5.91. The normalized spacial score (nSPS) is 18.3. The largest absolute Gasteiger partial charge is 0.452 e. The molecule has 1 aliphatic carbocycles. The molecule has 24 heavy (non-hydrogen) atoms. The van der Waals surface area contributed by atoms with Crippen molar-refractivity contribution < 1.29 is 9.21 Å². The third-order valence-electron chi connectivity index (χ3n) is 4.67. The lowest BCUT2D eigenvalue weighted by Crippen LogP contribution is -2.20. The summed E-state index contributed by atoms with van der Waals surface area (Å²) in [6.07, 6.45) is 10.1. The van der Waals surface area contributed by atoms with E-state index in [1.165, 1.54) is 35.3 Å². The molecular formula is C21H29NO2. The number of hydrogen-bond acceptors (Lipinski definition) is 2. The van der Waals surface area contributed by atoms with E-state index in [0.717, 1.165) is 5.57 Å².